The first kappa shape index (κ1) is 20.9. The zero-order chi connectivity index (χ0) is 15.4. The van der Waals surface area contributed by atoms with Gasteiger partial charge in [-0.05, 0) is 6.42 Å². The zero-order valence-electron chi connectivity index (χ0n) is 14.7. The average Bonchev–Trinajstić information content (AvgIpc) is 2.50. The molecule has 0 aromatic rings. The molecule has 0 bridgehead atoms. The van der Waals surface area contributed by atoms with Crippen molar-refractivity contribution in [2.45, 2.75) is 116 Å². The van der Waals surface area contributed by atoms with Gasteiger partial charge in [0, 0.05) is 0 Å². The molecule has 0 saturated heterocycles. The number of hydrogen-bond acceptors (Lipinski definition) is 2. The molecule has 0 aliphatic heterocycles. The first-order valence-corrected chi connectivity index (χ1v) is 9.73. The Morgan fingerprint density at radius 3 is 1.05 bits per heavy atom. The highest BCUT2D eigenvalue weighted by Gasteiger charge is 1.94. The predicted molar refractivity (Wildman–Crippen MR) is 94.3 cm³/mol. The molecular weight excluding hydrogens is 258 g/mol. The van der Waals surface area contributed by atoms with E-state index in [1.165, 1.54) is 103 Å². The highest BCUT2D eigenvalue weighted by molar-refractivity contribution is 4.50. The van der Waals surface area contributed by atoms with Gasteiger partial charge in [0.1, 0.15) is 0 Å². The van der Waals surface area contributed by atoms with Gasteiger partial charge in [0.25, 0.3) is 0 Å². The van der Waals surface area contributed by atoms with Crippen molar-refractivity contribution in [3.8, 4) is 0 Å². The van der Waals surface area contributed by atoms with Crippen LogP contribution in [0.2, 0.25) is 0 Å². The summed E-state index contributed by atoms with van der Waals surface area (Å²) in [4.78, 5) is 4.57. The van der Waals surface area contributed by atoms with Crippen molar-refractivity contribution in [1.82, 2.24) is 0 Å². The second-order valence-electron chi connectivity index (χ2n) is 6.53. The molecule has 0 aromatic carbocycles. The molecule has 0 atom stereocenters. The summed E-state index contributed by atoms with van der Waals surface area (Å²) in [5, 5.41) is 0. The Kier molecular flexibility index (Phi) is 19.8. The Morgan fingerprint density at radius 1 is 0.476 bits per heavy atom. The monoisotopic (exact) mass is 299 g/mol. The van der Waals surface area contributed by atoms with E-state index in [2.05, 4.69) is 11.8 Å². The lowest BCUT2D eigenvalue weighted by molar-refractivity contribution is 0.133. The fraction of sp³-hybridized carbons (Fsp3) is 1.00. The lowest BCUT2D eigenvalue weighted by Crippen LogP contribution is -2.00. The normalized spacial score (nSPS) is 11.1. The van der Waals surface area contributed by atoms with Crippen LogP contribution in [0.3, 0.4) is 0 Å². The second kappa shape index (κ2) is 19.9. The summed E-state index contributed by atoms with van der Waals surface area (Å²) in [6.45, 7) is 3.01. The average molecular weight is 300 g/mol. The van der Waals surface area contributed by atoms with Gasteiger partial charge in [-0.1, -0.05) is 110 Å². The highest BCUT2D eigenvalue weighted by Crippen LogP contribution is 2.13. The van der Waals surface area contributed by atoms with Crippen molar-refractivity contribution in [2.24, 2.45) is 5.90 Å². The van der Waals surface area contributed by atoms with Crippen LogP contribution in [-0.2, 0) is 4.84 Å². The number of unbranched alkanes of at least 4 members (excludes halogenated alkanes) is 16. The maximum absolute atomic E-state index is 4.99. The maximum Gasteiger partial charge on any atom is 0.0679 e. The van der Waals surface area contributed by atoms with Gasteiger partial charge < -0.3 is 4.84 Å². The third-order valence-corrected chi connectivity index (χ3v) is 4.37. The molecule has 2 nitrogen and oxygen atoms in total. The molecule has 0 aliphatic carbocycles. The summed E-state index contributed by atoms with van der Waals surface area (Å²) in [5.41, 5.74) is 0. The molecule has 0 heterocycles. The lowest BCUT2D eigenvalue weighted by Gasteiger charge is -2.03. The van der Waals surface area contributed by atoms with E-state index < -0.39 is 0 Å². The van der Waals surface area contributed by atoms with E-state index >= 15 is 0 Å². The van der Waals surface area contributed by atoms with E-state index in [-0.39, 0.29) is 0 Å². The van der Waals surface area contributed by atoms with Crippen molar-refractivity contribution < 1.29 is 4.84 Å². The van der Waals surface area contributed by atoms with Gasteiger partial charge in [0.05, 0.1) is 6.61 Å². The molecule has 0 aromatic heterocycles. The molecule has 0 aliphatic rings. The summed E-state index contributed by atoms with van der Waals surface area (Å²) in [6.07, 6.45) is 23.9. The lowest BCUT2D eigenvalue weighted by atomic mass is 10.0. The highest BCUT2D eigenvalue weighted by atomic mass is 16.6. The third kappa shape index (κ3) is 19.9. The molecule has 21 heavy (non-hydrogen) atoms. The smallest absolute Gasteiger partial charge is 0.0679 e. The van der Waals surface area contributed by atoms with Crippen molar-refractivity contribution in [3.05, 3.63) is 0 Å². The summed E-state index contributed by atoms with van der Waals surface area (Å²) >= 11 is 0. The van der Waals surface area contributed by atoms with Gasteiger partial charge in [-0.3, -0.25) is 0 Å². The van der Waals surface area contributed by atoms with Crippen molar-refractivity contribution in [1.29, 1.82) is 0 Å². The predicted octanol–water partition coefficient (Wildman–Crippen LogP) is 6.53. The number of rotatable bonds is 18. The first-order chi connectivity index (χ1) is 10.4. The summed E-state index contributed by atoms with van der Waals surface area (Å²) in [5.74, 6) is 4.99. The third-order valence-electron chi connectivity index (χ3n) is 4.37. The second-order valence-corrected chi connectivity index (χ2v) is 6.53. The van der Waals surface area contributed by atoms with Gasteiger partial charge in [0.15, 0.2) is 0 Å². The number of hydrogen-bond donors (Lipinski definition) is 1. The first-order valence-electron chi connectivity index (χ1n) is 9.73. The molecule has 0 spiro atoms. The maximum atomic E-state index is 4.99. The summed E-state index contributed by atoms with van der Waals surface area (Å²) < 4.78 is 0. The van der Waals surface area contributed by atoms with Crippen LogP contribution in [0.25, 0.3) is 0 Å². The minimum Gasteiger partial charge on any atom is -0.305 e. The standard InChI is InChI=1S/C19H41NO/c1-2-3-4-5-6-7-8-9-10-11-12-13-14-15-16-17-18-19-21-20/h2-20H2,1H3. The molecule has 0 rings (SSSR count). The summed E-state index contributed by atoms with van der Waals surface area (Å²) in [7, 11) is 0. The molecular formula is C19H41NO. The van der Waals surface area contributed by atoms with Crippen molar-refractivity contribution in [2.75, 3.05) is 6.61 Å². The van der Waals surface area contributed by atoms with Gasteiger partial charge in [-0.15, -0.1) is 0 Å². The Labute approximate surface area is 134 Å². The van der Waals surface area contributed by atoms with Gasteiger partial charge in [0.2, 0.25) is 0 Å². The van der Waals surface area contributed by atoms with Crippen LogP contribution in [0, 0.1) is 0 Å². The zero-order valence-corrected chi connectivity index (χ0v) is 14.7. The molecule has 128 valence electrons. The minimum atomic E-state index is 0.721. The fourth-order valence-electron chi connectivity index (χ4n) is 2.91. The molecule has 0 saturated carbocycles. The van der Waals surface area contributed by atoms with E-state index in [0.29, 0.717) is 0 Å². The molecule has 2 heteroatoms. The Morgan fingerprint density at radius 2 is 0.762 bits per heavy atom. The molecule has 2 N–H and O–H groups in total. The van der Waals surface area contributed by atoms with Crippen LogP contribution in [0.15, 0.2) is 0 Å². The topological polar surface area (TPSA) is 35.2 Å². The largest absolute Gasteiger partial charge is 0.305 e. The Hall–Kier alpha value is -0.0800. The van der Waals surface area contributed by atoms with Gasteiger partial charge in [-0.2, -0.15) is 0 Å². The van der Waals surface area contributed by atoms with Crippen LogP contribution in [0.1, 0.15) is 116 Å². The summed E-state index contributed by atoms with van der Waals surface area (Å²) in [6, 6.07) is 0. The molecule has 0 unspecified atom stereocenters. The fourth-order valence-corrected chi connectivity index (χ4v) is 2.91. The van der Waals surface area contributed by atoms with Gasteiger partial charge >= 0.3 is 0 Å². The van der Waals surface area contributed by atoms with Crippen LogP contribution in [0.5, 0.6) is 0 Å². The van der Waals surface area contributed by atoms with Crippen molar-refractivity contribution >= 4 is 0 Å². The van der Waals surface area contributed by atoms with Gasteiger partial charge in [-0.25, -0.2) is 5.90 Å². The number of nitrogens with two attached hydrogens (primary N) is 1. The van der Waals surface area contributed by atoms with Crippen molar-refractivity contribution in [3.63, 3.8) is 0 Å². The van der Waals surface area contributed by atoms with E-state index in [1.54, 1.807) is 0 Å². The van der Waals surface area contributed by atoms with Crippen LogP contribution in [-0.4, -0.2) is 6.61 Å². The Bertz CT molecular complexity index is 155. The van der Waals surface area contributed by atoms with E-state index in [4.69, 9.17) is 5.90 Å². The molecule has 0 radical (unpaired) electrons. The molecule has 0 amide bonds. The molecule has 0 fully saturated rings. The quantitative estimate of drug-likeness (QED) is 0.231. The van der Waals surface area contributed by atoms with Crippen LogP contribution in [0.4, 0.5) is 0 Å². The van der Waals surface area contributed by atoms with E-state index in [0.717, 1.165) is 13.0 Å². The van der Waals surface area contributed by atoms with Crippen LogP contribution < -0.4 is 5.90 Å². The van der Waals surface area contributed by atoms with Crippen LogP contribution >= 0.6 is 0 Å². The SMILES string of the molecule is CCCCCCCCCCCCCCCCCCCON. The van der Waals surface area contributed by atoms with E-state index in [9.17, 15) is 0 Å². The minimum absolute atomic E-state index is 0.721. The Balaban J connectivity index is 2.90. The van der Waals surface area contributed by atoms with E-state index in [1.807, 2.05) is 0 Å².